The highest BCUT2D eigenvalue weighted by Crippen LogP contribution is 2.45. The molecular weight excluding hydrogens is 396 g/mol. The van der Waals surface area contributed by atoms with E-state index in [9.17, 15) is 14.7 Å². The van der Waals surface area contributed by atoms with Crippen molar-refractivity contribution in [3.05, 3.63) is 81.8 Å². The highest BCUT2D eigenvalue weighted by molar-refractivity contribution is 5.77. The van der Waals surface area contributed by atoms with Crippen molar-refractivity contribution in [2.45, 2.75) is 31.8 Å². The normalized spacial score (nSPS) is 22.6. The minimum atomic E-state index is -1.41. The molecule has 1 aliphatic carbocycles. The quantitative estimate of drug-likeness (QED) is 0.617. The molecule has 7 nitrogen and oxygen atoms in total. The number of para-hydroxylation sites is 1. The van der Waals surface area contributed by atoms with Gasteiger partial charge in [-0.1, -0.05) is 30.3 Å². The van der Waals surface area contributed by atoms with Crippen LogP contribution < -0.4 is 10.3 Å². The van der Waals surface area contributed by atoms with Gasteiger partial charge in [0.05, 0.1) is 30.9 Å². The molecule has 0 fully saturated rings. The molecule has 1 aliphatic rings. The van der Waals surface area contributed by atoms with Gasteiger partial charge in [0, 0.05) is 23.6 Å². The highest BCUT2D eigenvalue weighted by Gasteiger charge is 2.51. The first kappa shape index (κ1) is 20.9. The molecule has 1 heterocycles. The lowest BCUT2D eigenvalue weighted by Gasteiger charge is -2.40. The van der Waals surface area contributed by atoms with Crippen LogP contribution in [-0.4, -0.2) is 40.2 Å². The molecule has 0 aliphatic heterocycles. The number of aromatic amines is 1. The largest absolute Gasteiger partial charge is 0.497 e. The number of H-pyrrole nitrogens is 1. The highest BCUT2D eigenvalue weighted by atomic mass is 16.5. The third-order valence-corrected chi connectivity index (χ3v) is 5.88. The van der Waals surface area contributed by atoms with E-state index in [0.29, 0.717) is 22.7 Å². The van der Waals surface area contributed by atoms with Gasteiger partial charge in [-0.3, -0.25) is 14.7 Å². The maximum atomic E-state index is 13.5. The number of benzene rings is 2. The van der Waals surface area contributed by atoms with Gasteiger partial charge in [-0.05, 0) is 43.7 Å². The molecule has 0 saturated carbocycles. The number of hydrogen-bond donors (Lipinski definition) is 2. The predicted octanol–water partition coefficient (Wildman–Crippen LogP) is 2.79. The van der Waals surface area contributed by atoms with E-state index in [1.165, 1.54) is 4.68 Å². The molecule has 2 N–H and O–H groups in total. The van der Waals surface area contributed by atoms with Crippen molar-refractivity contribution in [2.24, 2.45) is 5.92 Å². The Morgan fingerprint density at radius 3 is 2.48 bits per heavy atom. The number of nitrogens with one attached hydrogen (secondary N) is 1. The monoisotopic (exact) mass is 422 g/mol. The standard InChI is InChI=1S/C24H26N2O5/c1-4-31-23(28)21-19(15-10-12-17(30-3)13-11-15)20-18(14-24(21,2)29)25-26(22(20)27)16-8-6-5-7-9-16/h5-13,19,21,25,29H,4,14H2,1-3H3. The van der Waals surface area contributed by atoms with Crippen molar-refractivity contribution in [3.63, 3.8) is 0 Å². The number of methoxy groups -OCH3 is 1. The van der Waals surface area contributed by atoms with Gasteiger partial charge in [0.2, 0.25) is 0 Å². The average molecular weight is 422 g/mol. The number of carbonyl (C=O) groups is 1. The lowest BCUT2D eigenvalue weighted by atomic mass is 9.66. The van der Waals surface area contributed by atoms with Gasteiger partial charge in [-0.15, -0.1) is 0 Å². The van der Waals surface area contributed by atoms with Crippen LogP contribution in [0.15, 0.2) is 59.4 Å². The summed E-state index contributed by atoms with van der Waals surface area (Å²) in [4.78, 5) is 26.5. The van der Waals surface area contributed by atoms with Crippen LogP contribution >= 0.6 is 0 Å². The van der Waals surface area contributed by atoms with Crippen molar-refractivity contribution >= 4 is 5.97 Å². The fourth-order valence-electron chi connectivity index (χ4n) is 4.50. The summed E-state index contributed by atoms with van der Waals surface area (Å²) >= 11 is 0. The molecular formula is C24H26N2O5. The molecule has 7 heteroatoms. The molecule has 0 bridgehead atoms. The molecule has 0 radical (unpaired) electrons. The number of rotatable bonds is 5. The van der Waals surface area contributed by atoms with Crippen molar-refractivity contribution < 1.29 is 19.4 Å². The maximum Gasteiger partial charge on any atom is 0.312 e. The van der Waals surface area contributed by atoms with Crippen LogP contribution in [0, 0.1) is 5.92 Å². The molecule has 3 atom stereocenters. The predicted molar refractivity (Wildman–Crippen MR) is 116 cm³/mol. The van der Waals surface area contributed by atoms with E-state index in [1.807, 2.05) is 42.5 Å². The van der Waals surface area contributed by atoms with Gasteiger partial charge < -0.3 is 14.6 Å². The Balaban J connectivity index is 1.94. The van der Waals surface area contributed by atoms with E-state index in [0.717, 1.165) is 5.56 Å². The minimum absolute atomic E-state index is 0.132. The van der Waals surface area contributed by atoms with Crippen LogP contribution in [0.1, 0.15) is 36.6 Å². The van der Waals surface area contributed by atoms with Crippen molar-refractivity contribution in [2.75, 3.05) is 13.7 Å². The summed E-state index contributed by atoms with van der Waals surface area (Å²) < 4.78 is 12.0. The van der Waals surface area contributed by atoms with E-state index < -0.39 is 23.4 Å². The zero-order valence-corrected chi connectivity index (χ0v) is 17.8. The van der Waals surface area contributed by atoms with E-state index >= 15 is 0 Å². The van der Waals surface area contributed by atoms with Crippen molar-refractivity contribution in [3.8, 4) is 11.4 Å². The Morgan fingerprint density at radius 1 is 1.19 bits per heavy atom. The van der Waals surface area contributed by atoms with Crippen LogP contribution in [0.4, 0.5) is 0 Å². The van der Waals surface area contributed by atoms with Gasteiger partial charge in [-0.25, -0.2) is 4.68 Å². The lowest BCUT2D eigenvalue weighted by molar-refractivity contribution is -0.159. The summed E-state index contributed by atoms with van der Waals surface area (Å²) in [7, 11) is 1.57. The maximum absolute atomic E-state index is 13.5. The Kier molecular flexibility index (Phi) is 5.45. The number of nitrogens with zero attached hydrogens (tertiary/aromatic N) is 1. The SMILES string of the molecule is CCOC(=O)C1C(c2ccc(OC)cc2)c2c([nH]n(-c3ccccc3)c2=O)CC1(C)O. The lowest BCUT2D eigenvalue weighted by Crippen LogP contribution is -2.50. The van der Waals surface area contributed by atoms with Crippen LogP contribution in [-0.2, 0) is 16.0 Å². The Hall–Kier alpha value is -3.32. The molecule has 1 aromatic heterocycles. The van der Waals surface area contributed by atoms with Crippen LogP contribution in [0.2, 0.25) is 0 Å². The van der Waals surface area contributed by atoms with Gasteiger partial charge in [0.15, 0.2) is 0 Å². The fraction of sp³-hybridized carbons (Fsp3) is 0.333. The molecule has 31 heavy (non-hydrogen) atoms. The number of esters is 1. The molecule has 0 saturated heterocycles. The van der Waals surface area contributed by atoms with Crippen LogP contribution in [0.25, 0.3) is 5.69 Å². The summed E-state index contributed by atoms with van der Waals surface area (Å²) in [5.74, 6) is -1.46. The van der Waals surface area contributed by atoms with Crippen molar-refractivity contribution in [1.29, 1.82) is 0 Å². The number of hydrogen-bond acceptors (Lipinski definition) is 5. The second kappa shape index (κ2) is 8.07. The number of fused-ring (bicyclic) bond motifs is 1. The Bertz CT molecular complexity index is 1130. The topological polar surface area (TPSA) is 93.5 Å². The average Bonchev–Trinajstić information content (AvgIpc) is 3.08. The zero-order chi connectivity index (χ0) is 22.2. The molecule has 162 valence electrons. The summed E-state index contributed by atoms with van der Waals surface area (Å²) in [6.45, 7) is 3.53. The molecule has 0 amide bonds. The minimum Gasteiger partial charge on any atom is -0.497 e. The number of aliphatic hydroxyl groups is 1. The first-order valence-electron chi connectivity index (χ1n) is 10.3. The summed E-state index contributed by atoms with van der Waals surface area (Å²) in [5, 5.41) is 14.5. The third kappa shape index (κ3) is 3.65. The molecule has 3 unspecified atom stereocenters. The first-order valence-corrected chi connectivity index (χ1v) is 10.3. The van der Waals surface area contributed by atoms with Crippen LogP contribution in [0.5, 0.6) is 5.75 Å². The van der Waals surface area contributed by atoms with E-state index in [4.69, 9.17) is 9.47 Å². The molecule has 2 aromatic carbocycles. The first-order chi connectivity index (χ1) is 14.9. The second-order valence-corrected chi connectivity index (χ2v) is 7.99. The van der Waals surface area contributed by atoms with E-state index in [1.54, 1.807) is 33.1 Å². The van der Waals surface area contributed by atoms with E-state index in [2.05, 4.69) is 5.10 Å². The smallest absolute Gasteiger partial charge is 0.312 e. The molecule has 3 aromatic rings. The molecule has 0 spiro atoms. The van der Waals surface area contributed by atoms with Crippen LogP contribution in [0.3, 0.4) is 0 Å². The third-order valence-electron chi connectivity index (χ3n) is 5.88. The summed E-state index contributed by atoms with van der Waals surface area (Å²) in [5.41, 5.74) is 0.847. The number of aromatic nitrogens is 2. The summed E-state index contributed by atoms with van der Waals surface area (Å²) in [6, 6.07) is 16.4. The summed E-state index contributed by atoms with van der Waals surface area (Å²) in [6.07, 6.45) is 0.132. The molecule has 4 rings (SSSR count). The van der Waals surface area contributed by atoms with Gasteiger partial charge in [0.1, 0.15) is 5.75 Å². The zero-order valence-electron chi connectivity index (χ0n) is 17.8. The van der Waals surface area contributed by atoms with Crippen molar-refractivity contribution in [1.82, 2.24) is 9.78 Å². The number of ether oxygens (including phenoxy) is 2. The van der Waals surface area contributed by atoms with Gasteiger partial charge in [0.25, 0.3) is 5.56 Å². The Morgan fingerprint density at radius 2 is 1.87 bits per heavy atom. The number of carbonyl (C=O) groups excluding carboxylic acids is 1. The second-order valence-electron chi connectivity index (χ2n) is 7.99. The van der Waals surface area contributed by atoms with Gasteiger partial charge >= 0.3 is 5.97 Å². The Labute approximate surface area is 180 Å². The van der Waals surface area contributed by atoms with E-state index in [-0.39, 0.29) is 18.6 Å². The fourth-order valence-corrected chi connectivity index (χ4v) is 4.50. The van der Waals surface area contributed by atoms with Gasteiger partial charge in [-0.2, -0.15) is 0 Å².